The van der Waals surface area contributed by atoms with Gasteiger partial charge in [-0.3, -0.25) is 14.7 Å². The number of aryl methyl sites for hydroxylation is 1. The molecule has 1 aromatic heterocycles. The molecule has 1 aromatic carbocycles. The number of thioether (sulfide) groups is 2. The molecule has 6 unspecified atom stereocenters. The summed E-state index contributed by atoms with van der Waals surface area (Å²) < 4.78 is 13.5. The van der Waals surface area contributed by atoms with Crippen LogP contribution in [-0.2, 0) is 9.59 Å². The molecule has 154 valence electrons. The zero-order valence-electron chi connectivity index (χ0n) is 15.3. The Kier molecular flexibility index (Phi) is 5.07. The van der Waals surface area contributed by atoms with Crippen LogP contribution < -0.4 is 5.73 Å². The van der Waals surface area contributed by atoms with Gasteiger partial charge in [0.1, 0.15) is 17.7 Å². The minimum absolute atomic E-state index is 0.307. The number of benzene rings is 1. The lowest BCUT2D eigenvalue weighted by Crippen LogP contribution is -2.57. The van der Waals surface area contributed by atoms with Crippen LogP contribution in [0.3, 0.4) is 0 Å². The topological polar surface area (TPSA) is 142 Å². The molecule has 1 heterocycles. The Balaban J connectivity index is 1.63. The van der Waals surface area contributed by atoms with Crippen molar-refractivity contribution in [2.45, 2.75) is 27.8 Å². The van der Waals surface area contributed by atoms with Crippen molar-refractivity contribution in [1.29, 1.82) is 0 Å². The molecule has 0 spiro atoms. The molecule has 6 atom stereocenters. The quantitative estimate of drug-likeness (QED) is 0.476. The van der Waals surface area contributed by atoms with Gasteiger partial charge in [-0.25, -0.2) is 9.37 Å². The number of carbonyl (C=O) groups is 2. The van der Waals surface area contributed by atoms with E-state index in [0.717, 1.165) is 4.90 Å². The number of aromatic amines is 1. The first-order chi connectivity index (χ1) is 13.7. The summed E-state index contributed by atoms with van der Waals surface area (Å²) in [5, 5.41) is 26.2. The van der Waals surface area contributed by atoms with Gasteiger partial charge in [0.05, 0.1) is 5.92 Å². The summed E-state index contributed by atoms with van der Waals surface area (Å²) >= 11 is 2.68. The molecular formula is C18H19FN4O4S2. The Hall–Kier alpha value is -2.11. The van der Waals surface area contributed by atoms with E-state index in [1.54, 1.807) is 19.1 Å². The van der Waals surface area contributed by atoms with Gasteiger partial charge in [0.25, 0.3) is 0 Å². The Bertz CT molecular complexity index is 959. The van der Waals surface area contributed by atoms with Gasteiger partial charge in [0.15, 0.2) is 5.16 Å². The smallest absolute Gasteiger partial charge is 0.324 e. The number of carboxylic acids is 2. The fourth-order valence-corrected chi connectivity index (χ4v) is 7.29. The predicted molar refractivity (Wildman–Crippen MR) is 104 cm³/mol. The Morgan fingerprint density at radius 1 is 1.38 bits per heavy atom. The van der Waals surface area contributed by atoms with E-state index < -0.39 is 35.2 Å². The maximum absolute atomic E-state index is 13.5. The van der Waals surface area contributed by atoms with Gasteiger partial charge in [0, 0.05) is 27.7 Å². The number of hydrogen-bond acceptors (Lipinski definition) is 7. The number of aliphatic carboxylic acids is 2. The highest BCUT2D eigenvalue weighted by Gasteiger charge is 2.77. The lowest BCUT2D eigenvalue weighted by Gasteiger charge is -2.34. The summed E-state index contributed by atoms with van der Waals surface area (Å²) in [5.74, 6) is -4.46. The molecule has 2 fully saturated rings. The first-order valence-electron chi connectivity index (χ1n) is 8.91. The summed E-state index contributed by atoms with van der Waals surface area (Å²) in [6, 6.07) is 4.71. The van der Waals surface area contributed by atoms with Crippen molar-refractivity contribution in [2.75, 3.05) is 5.75 Å². The molecule has 0 saturated heterocycles. The number of rotatable bonds is 7. The van der Waals surface area contributed by atoms with Crippen molar-refractivity contribution in [3.63, 3.8) is 0 Å². The van der Waals surface area contributed by atoms with Crippen LogP contribution in [0.15, 0.2) is 34.6 Å². The number of hydrogen-bond donors (Lipinski definition) is 4. The first kappa shape index (κ1) is 20.2. The number of nitrogens with two attached hydrogens (primary N) is 1. The highest BCUT2D eigenvalue weighted by atomic mass is 32.2. The van der Waals surface area contributed by atoms with Gasteiger partial charge >= 0.3 is 11.9 Å². The van der Waals surface area contributed by atoms with E-state index in [0.29, 0.717) is 16.5 Å². The minimum atomic E-state index is -1.66. The molecular weight excluding hydrogens is 419 g/mol. The van der Waals surface area contributed by atoms with E-state index in [4.69, 9.17) is 5.73 Å². The second-order valence-corrected chi connectivity index (χ2v) is 9.67. The number of fused-ring (bicyclic) bond motifs is 1. The van der Waals surface area contributed by atoms with Gasteiger partial charge in [-0.05, 0) is 36.6 Å². The average Bonchev–Trinajstić information content (AvgIpc) is 3.12. The fourth-order valence-electron chi connectivity index (χ4n) is 4.43. The third-order valence-electron chi connectivity index (χ3n) is 5.87. The predicted octanol–water partition coefficient (Wildman–Crippen LogP) is 1.86. The van der Waals surface area contributed by atoms with Gasteiger partial charge in [0.2, 0.25) is 0 Å². The molecule has 5 N–H and O–H groups in total. The molecule has 2 aliphatic rings. The average molecular weight is 439 g/mol. The molecule has 2 aromatic rings. The van der Waals surface area contributed by atoms with Crippen molar-refractivity contribution in [3.8, 4) is 0 Å². The van der Waals surface area contributed by atoms with Crippen LogP contribution in [0.25, 0.3) is 0 Å². The maximum Gasteiger partial charge on any atom is 0.324 e. The maximum atomic E-state index is 13.5. The molecule has 0 radical (unpaired) electrons. The van der Waals surface area contributed by atoms with Crippen molar-refractivity contribution in [2.24, 2.45) is 29.4 Å². The zero-order valence-corrected chi connectivity index (χ0v) is 16.9. The van der Waals surface area contributed by atoms with Crippen LogP contribution in [-0.4, -0.2) is 53.9 Å². The normalized spacial score (nSPS) is 32.7. The summed E-state index contributed by atoms with van der Waals surface area (Å²) in [7, 11) is 0. The summed E-state index contributed by atoms with van der Waals surface area (Å²) in [6.45, 7) is 1.66. The van der Waals surface area contributed by atoms with Crippen LogP contribution >= 0.6 is 23.5 Å². The number of aromatic nitrogens is 3. The number of H-pyrrole nitrogens is 1. The lowest BCUT2D eigenvalue weighted by molar-refractivity contribution is -0.146. The van der Waals surface area contributed by atoms with Crippen molar-refractivity contribution < 1.29 is 24.2 Å². The number of halogens is 1. The van der Waals surface area contributed by atoms with Crippen molar-refractivity contribution in [3.05, 3.63) is 35.9 Å². The summed E-state index contributed by atoms with van der Waals surface area (Å²) in [5.41, 5.74) is 5.24. The molecule has 8 nitrogen and oxygen atoms in total. The molecule has 29 heavy (non-hydrogen) atoms. The van der Waals surface area contributed by atoms with Crippen LogP contribution in [0.2, 0.25) is 0 Å². The number of nitrogens with one attached hydrogen (secondary N) is 1. The van der Waals surface area contributed by atoms with E-state index in [1.807, 2.05) is 0 Å². The lowest BCUT2D eigenvalue weighted by atomic mass is 9.82. The minimum Gasteiger partial charge on any atom is -0.481 e. The van der Waals surface area contributed by atoms with E-state index >= 15 is 0 Å². The fraction of sp³-hybridized carbons (Fsp3) is 0.444. The second-order valence-electron chi connectivity index (χ2n) is 7.41. The molecule has 2 saturated carbocycles. The molecule has 11 heteroatoms. The third-order valence-corrected chi connectivity index (χ3v) is 8.32. The number of carboxylic acid groups (broad SMARTS) is 2. The van der Waals surface area contributed by atoms with E-state index in [2.05, 4.69) is 15.2 Å². The molecule has 0 aliphatic heterocycles. The number of nitrogens with zero attached hydrogens (tertiary/aromatic N) is 2. The third kappa shape index (κ3) is 3.30. The SMILES string of the molecule is Cc1cc(SCC2C(Sc3ncn[nH]3)C3C(C(=O)O)C3C2(N)C(=O)O)ccc1F. The standard InChI is InChI=1S/C18H19FN4O4S2/c1-7-4-8(2-3-10(7)19)28-5-9-14(29-17-21-6-22-23-17)11-12(15(24)25)13(11)18(9,20)16(26)27/h2-4,6,9,11-14H,5,20H2,1H3,(H,24,25)(H,26,27)(H,21,22,23). The Morgan fingerprint density at radius 3 is 2.72 bits per heavy atom. The van der Waals surface area contributed by atoms with Crippen LogP contribution in [0.1, 0.15) is 5.56 Å². The summed E-state index contributed by atoms with van der Waals surface area (Å²) in [6.07, 6.45) is 1.34. The highest BCUT2D eigenvalue weighted by molar-refractivity contribution is 8.00. The van der Waals surface area contributed by atoms with Gasteiger partial charge < -0.3 is 15.9 Å². The first-order valence-corrected chi connectivity index (χ1v) is 10.8. The van der Waals surface area contributed by atoms with Crippen LogP contribution in [0, 0.1) is 36.4 Å². The second kappa shape index (κ2) is 7.29. The monoisotopic (exact) mass is 438 g/mol. The largest absolute Gasteiger partial charge is 0.481 e. The van der Waals surface area contributed by atoms with Crippen molar-refractivity contribution >= 4 is 35.5 Å². The van der Waals surface area contributed by atoms with E-state index in [1.165, 1.54) is 35.9 Å². The Labute approximate surface area is 173 Å². The van der Waals surface area contributed by atoms with E-state index in [9.17, 15) is 24.2 Å². The van der Waals surface area contributed by atoms with E-state index in [-0.39, 0.29) is 17.0 Å². The molecule has 4 rings (SSSR count). The van der Waals surface area contributed by atoms with Gasteiger partial charge in [-0.15, -0.1) is 11.8 Å². The van der Waals surface area contributed by atoms with Gasteiger partial charge in [-0.2, -0.15) is 5.10 Å². The summed E-state index contributed by atoms with van der Waals surface area (Å²) in [4.78, 5) is 28.7. The Morgan fingerprint density at radius 2 is 2.14 bits per heavy atom. The van der Waals surface area contributed by atoms with Crippen LogP contribution in [0.5, 0.6) is 0 Å². The van der Waals surface area contributed by atoms with Crippen molar-refractivity contribution in [1.82, 2.24) is 15.2 Å². The zero-order chi connectivity index (χ0) is 20.9. The molecule has 2 aliphatic carbocycles. The molecule has 0 amide bonds. The van der Waals surface area contributed by atoms with Gasteiger partial charge in [-0.1, -0.05) is 11.8 Å². The van der Waals surface area contributed by atoms with Crippen LogP contribution in [0.4, 0.5) is 4.39 Å². The highest BCUT2D eigenvalue weighted by Crippen LogP contribution is 2.67. The molecule has 0 bridgehead atoms.